The molecular formula is C17H29N5O2. The van der Waals surface area contributed by atoms with Crippen LogP contribution in [0.1, 0.15) is 43.2 Å². The van der Waals surface area contributed by atoms with E-state index in [0.717, 1.165) is 52.2 Å². The molecule has 3 heterocycles. The number of nitrogens with one attached hydrogen (secondary N) is 2. The van der Waals surface area contributed by atoms with E-state index in [9.17, 15) is 4.79 Å². The highest BCUT2D eigenvalue weighted by Gasteiger charge is 2.26. The largest absolute Gasteiger partial charge is 0.373 e. The normalized spacial score (nSPS) is 24.7. The molecule has 1 aromatic heterocycles. The van der Waals surface area contributed by atoms with E-state index < -0.39 is 0 Å². The molecule has 1 amide bonds. The van der Waals surface area contributed by atoms with Gasteiger partial charge in [0.15, 0.2) is 0 Å². The van der Waals surface area contributed by atoms with Gasteiger partial charge in [-0.1, -0.05) is 0 Å². The van der Waals surface area contributed by atoms with Crippen LogP contribution in [-0.4, -0.2) is 72.1 Å². The van der Waals surface area contributed by atoms with Crippen LogP contribution < -0.4 is 10.6 Å². The van der Waals surface area contributed by atoms with Gasteiger partial charge in [0.1, 0.15) is 5.69 Å². The van der Waals surface area contributed by atoms with E-state index in [4.69, 9.17) is 4.74 Å². The number of carbonyl (C=O) groups is 1. The molecule has 2 aliphatic heterocycles. The standard InChI is InChI=1S/C17H29N5O2/c1-17(2)13-21(10-11-24-17)9-7-19-16(23)15-5-8-22(20-15)14-4-3-6-18-12-14/h5,8,14,18H,3-4,6-7,9-13H2,1-2H3,(H,19,23). The lowest BCUT2D eigenvalue weighted by Gasteiger charge is -2.38. The van der Waals surface area contributed by atoms with Gasteiger partial charge in [0.2, 0.25) is 0 Å². The predicted octanol–water partition coefficient (Wildman–Crippen LogP) is 0.648. The van der Waals surface area contributed by atoms with Gasteiger partial charge < -0.3 is 15.4 Å². The molecule has 2 fully saturated rings. The molecule has 0 saturated carbocycles. The first-order valence-corrected chi connectivity index (χ1v) is 8.94. The van der Waals surface area contributed by atoms with Crippen molar-refractivity contribution in [1.82, 2.24) is 25.3 Å². The first-order chi connectivity index (χ1) is 11.5. The van der Waals surface area contributed by atoms with Crippen molar-refractivity contribution in [3.63, 3.8) is 0 Å². The van der Waals surface area contributed by atoms with E-state index in [1.54, 1.807) is 0 Å². The number of rotatable bonds is 5. The molecule has 1 unspecified atom stereocenters. The highest BCUT2D eigenvalue weighted by Crippen LogP contribution is 2.16. The number of piperidine rings is 1. The van der Waals surface area contributed by atoms with Crippen molar-refractivity contribution in [2.75, 3.05) is 45.9 Å². The van der Waals surface area contributed by atoms with E-state index in [1.807, 2.05) is 16.9 Å². The van der Waals surface area contributed by atoms with Crippen LogP contribution in [0, 0.1) is 0 Å². The molecule has 2 saturated heterocycles. The molecule has 1 aromatic rings. The molecule has 2 N–H and O–H groups in total. The quantitative estimate of drug-likeness (QED) is 0.827. The van der Waals surface area contributed by atoms with E-state index in [2.05, 4.69) is 34.5 Å². The average molecular weight is 335 g/mol. The first kappa shape index (κ1) is 17.4. The Labute approximate surface area is 143 Å². The Kier molecular flexibility index (Phi) is 5.53. The van der Waals surface area contributed by atoms with Gasteiger partial charge in [0, 0.05) is 38.9 Å². The van der Waals surface area contributed by atoms with Gasteiger partial charge in [-0.25, -0.2) is 0 Å². The number of amides is 1. The van der Waals surface area contributed by atoms with Crippen LogP contribution >= 0.6 is 0 Å². The monoisotopic (exact) mass is 335 g/mol. The van der Waals surface area contributed by atoms with Crippen molar-refractivity contribution < 1.29 is 9.53 Å². The molecule has 0 radical (unpaired) electrons. The van der Waals surface area contributed by atoms with Gasteiger partial charge >= 0.3 is 0 Å². The second-order valence-corrected chi connectivity index (χ2v) is 7.32. The summed E-state index contributed by atoms with van der Waals surface area (Å²) in [4.78, 5) is 14.6. The van der Waals surface area contributed by atoms with Crippen molar-refractivity contribution in [2.45, 2.75) is 38.3 Å². The van der Waals surface area contributed by atoms with Crippen molar-refractivity contribution in [3.05, 3.63) is 18.0 Å². The number of hydrogen-bond acceptors (Lipinski definition) is 5. The average Bonchev–Trinajstić information content (AvgIpc) is 3.05. The SMILES string of the molecule is CC1(C)CN(CCNC(=O)c2ccn(C3CCCNC3)n2)CCO1. The van der Waals surface area contributed by atoms with Gasteiger partial charge in [-0.2, -0.15) is 5.10 Å². The van der Waals surface area contributed by atoms with E-state index in [-0.39, 0.29) is 11.5 Å². The summed E-state index contributed by atoms with van der Waals surface area (Å²) < 4.78 is 7.63. The zero-order valence-corrected chi connectivity index (χ0v) is 14.8. The third kappa shape index (κ3) is 4.55. The van der Waals surface area contributed by atoms with Crippen molar-refractivity contribution in [2.24, 2.45) is 0 Å². The molecule has 0 spiro atoms. The van der Waals surface area contributed by atoms with Gasteiger partial charge in [0.25, 0.3) is 5.91 Å². The summed E-state index contributed by atoms with van der Waals surface area (Å²) in [5, 5.41) is 10.8. The zero-order chi connectivity index (χ0) is 17.0. The zero-order valence-electron chi connectivity index (χ0n) is 14.8. The lowest BCUT2D eigenvalue weighted by molar-refractivity contribution is -0.0853. The Morgan fingerprint density at radius 2 is 2.42 bits per heavy atom. The summed E-state index contributed by atoms with van der Waals surface area (Å²) in [7, 11) is 0. The molecule has 0 bridgehead atoms. The molecule has 1 atom stereocenters. The Morgan fingerprint density at radius 3 is 3.17 bits per heavy atom. The lowest BCUT2D eigenvalue weighted by atomic mass is 10.1. The molecule has 0 aromatic carbocycles. The molecule has 3 rings (SSSR count). The number of nitrogens with zero attached hydrogens (tertiary/aromatic N) is 3. The van der Waals surface area contributed by atoms with Crippen LogP contribution in [0.4, 0.5) is 0 Å². The number of morpholine rings is 1. The first-order valence-electron chi connectivity index (χ1n) is 8.94. The highest BCUT2D eigenvalue weighted by molar-refractivity contribution is 5.92. The summed E-state index contributed by atoms with van der Waals surface area (Å²) in [5.41, 5.74) is 0.401. The van der Waals surface area contributed by atoms with E-state index in [1.165, 1.54) is 0 Å². The van der Waals surface area contributed by atoms with Crippen LogP contribution in [0.25, 0.3) is 0 Å². The van der Waals surface area contributed by atoms with Crippen LogP contribution in [-0.2, 0) is 4.74 Å². The number of hydrogen-bond donors (Lipinski definition) is 2. The Bertz CT molecular complexity index is 551. The molecule has 0 aliphatic carbocycles. The van der Waals surface area contributed by atoms with Crippen molar-refractivity contribution in [1.29, 1.82) is 0 Å². The fraction of sp³-hybridized carbons (Fsp3) is 0.765. The number of aromatic nitrogens is 2. The Hall–Kier alpha value is -1.44. The van der Waals surface area contributed by atoms with Crippen LogP contribution in [0.5, 0.6) is 0 Å². The maximum Gasteiger partial charge on any atom is 0.271 e. The van der Waals surface area contributed by atoms with Gasteiger partial charge in [-0.05, 0) is 39.3 Å². The molecule has 2 aliphatic rings. The van der Waals surface area contributed by atoms with Crippen LogP contribution in [0.15, 0.2) is 12.3 Å². The highest BCUT2D eigenvalue weighted by atomic mass is 16.5. The third-order valence-electron chi connectivity index (χ3n) is 4.70. The van der Waals surface area contributed by atoms with Gasteiger partial charge in [-0.3, -0.25) is 14.4 Å². The number of ether oxygens (including phenoxy) is 1. The Morgan fingerprint density at radius 1 is 1.54 bits per heavy atom. The fourth-order valence-corrected chi connectivity index (χ4v) is 3.44. The maximum absolute atomic E-state index is 12.3. The minimum absolute atomic E-state index is 0.0926. The van der Waals surface area contributed by atoms with Crippen molar-refractivity contribution in [3.8, 4) is 0 Å². The topological polar surface area (TPSA) is 71.4 Å². The summed E-state index contributed by atoms with van der Waals surface area (Å²) in [5.74, 6) is -0.0926. The molecule has 7 heteroatoms. The minimum atomic E-state index is -0.102. The molecule has 7 nitrogen and oxygen atoms in total. The summed E-state index contributed by atoms with van der Waals surface area (Å²) in [6.07, 6.45) is 4.18. The molecule has 24 heavy (non-hydrogen) atoms. The Balaban J connectivity index is 1.44. The van der Waals surface area contributed by atoms with Gasteiger partial charge in [0.05, 0.1) is 18.2 Å². The summed E-state index contributed by atoms with van der Waals surface area (Å²) in [6.45, 7) is 10.2. The molecule has 134 valence electrons. The van der Waals surface area contributed by atoms with Crippen LogP contribution in [0.3, 0.4) is 0 Å². The minimum Gasteiger partial charge on any atom is -0.373 e. The smallest absolute Gasteiger partial charge is 0.271 e. The number of carbonyl (C=O) groups excluding carboxylic acids is 1. The summed E-state index contributed by atoms with van der Waals surface area (Å²) in [6, 6.07) is 2.16. The summed E-state index contributed by atoms with van der Waals surface area (Å²) >= 11 is 0. The second kappa shape index (κ2) is 7.63. The fourth-order valence-electron chi connectivity index (χ4n) is 3.44. The van der Waals surface area contributed by atoms with E-state index >= 15 is 0 Å². The lowest BCUT2D eigenvalue weighted by Crippen LogP contribution is -2.50. The molecular weight excluding hydrogens is 306 g/mol. The van der Waals surface area contributed by atoms with Crippen LogP contribution in [0.2, 0.25) is 0 Å². The van der Waals surface area contributed by atoms with E-state index in [0.29, 0.717) is 18.3 Å². The maximum atomic E-state index is 12.3. The second-order valence-electron chi connectivity index (χ2n) is 7.32. The third-order valence-corrected chi connectivity index (χ3v) is 4.70. The van der Waals surface area contributed by atoms with Gasteiger partial charge in [-0.15, -0.1) is 0 Å². The van der Waals surface area contributed by atoms with Crippen molar-refractivity contribution >= 4 is 5.91 Å². The predicted molar refractivity (Wildman–Crippen MR) is 92.2 cm³/mol.